The highest BCUT2D eigenvalue weighted by Crippen LogP contribution is 2.24. The maximum absolute atomic E-state index is 12.5. The van der Waals surface area contributed by atoms with Crippen LogP contribution in [0.4, 0.5) is 0 Å². The minimum atomic E-state index is -0.291. The standard InChI is InChI=1S/C20H26N2O3/c1-15(20(23)22(2)14-16-8-6-5-7-9-16)21-13-17-10-11-18(24-3)12-19(17)25-4/h5-12,15,21H,13-14H2,1-4H3. The molecule has 2 aromatic rings. The number of carbonyl (C=O) groups is 1. The van der Waals surface area contributed by atoms with Gasteiger partial charge >= 0.3 is 0 Å². The molecule has 0 spiro atoms. The Balaban J connectivity index is 1.93. The van der Waals surface area contributed by atoms with Crippen molar-refractivity contribution < 1.29 is 14.3 Å². The molecule has 0 aliphatic heterocycles. The van der Waals surface area contributed by atoms with E-state index in [1.807, 2.05) is 62.5 Å². The Morgan fingerprint density at radius 3 is 2.48 bits per heavy atom. The molecular weight excluding hydrogens is 316 g/mol. The van der Waals surface area contributed by atoms with E-state index < -0.39 is 0 Å². The van der Waals surface area contributed by atoms with Gasteiger partial charge in [0.15, 0.2) is 0 Å². The highest BCUT2D eigenvalue weighted by Gasteiger charge is 2.17. The summed E-state index contributed by atoms with van der Waals surface area (Å²) in [4.78, 5) is 14.3. The number of benzene rings is 2. The molecule has 1 atom stereocenters. The van der Waals surface area contributed by atoms with Gasteiger partial charge in [0.05, 0.1) is 20.3 Å². The summed E-state index contributed by atoms with van der Waals surface area (Å²) >= 11 is 0. The Morgan fingerprint density at radius 1 is 1.12 bits per heavy atom. The summed E-state index contributed by atoms with van der Waals surface area (Å²) in [5.74, 6) is 1.53. The Labute approximate surface area is 149 Å². The third-order valence-corrected chi connectivity index (χ3v) is 4.10. The van der Waals surface area contributed by atoms with E-state index in [9.17, 15) is 4.79 Å². The first-order valence-electron chi connectivity index (χ1n) is 8.28. The van der Waals surface area contributed by atoms with Crippen molar-refractivity contribution >= 4 is 5.91 Å². The molecule has 5 nitrogen and oxygen atoms in total. The third-order valence-electron chi connectivity index (χ3n) is 4.10. The van der Waals surface area contributed by atoms with E-state index >= 15 is 0 Å². The van der Waals surface area contributed by atoms with E-state index in [1.54, 1.807) is 19.1 Å². The van der Waals surface area contributed by atoms with E-state index in [0.717, 1.165) is 22.6 Å². The topological polar surface area (TPSA) is 50.8 Å². The molecule has 0 radical (unpaired) electrons. The Bertz CT molecular complexity index is 689. The van der Waals surface area contributed by atoms with Crippen LogP contribution >= 0.6 is 0 Å². The minimum absolute atomic E-state index is 0.0522. The number of rotatable bonds is 8. The number of likely N-dealkylation sites (N-methyl/N-ethyl adjacent to an activating group) is 1. The lowest BCUT2D eigenvalue weighted by Gasteiger charge is -2.22. The molecule has 0 aromatic heterocycles. The summed E-state index contributed by atoms with van der Waals surface area (Å²) in [6, 6.07) is 15.3. The lowest BCUT2D eigenvalue weighted by atomic mass is 10.1. The van der Waals surface area contributed by atoms with Gasteiger partial charge in [0.25, 0.3) is 0 Å². The van der Waals surface area contributed by atoms with Gasteiger partial charge in [-0.15, -0.1) is 0 Å². The molecule has 134 valence electrons. The fourth-order valence-electron chi connectivity index (χ4n) is 2.61. The number of amides is 1. The largest absolute Gasteiger partial charge is 0.497 e. The molecule has 0 aliphatic carbocycles. The Morgan fingerprint density at radius 2 is 1.84 bits per heavy atom. The highest BCUT2D eigenvalue weighted by molar-refractivity contribution is 5.81. The summed E-state index contributed by atoms with van der Waals surface area (Å²) in [6.45, 7) is 3.01. The molecule has 0 fully saturated rings. The van der Waals surface area contributed by atoms with Crippen molar-refractivity contribution in [2.45, 2.75) is 26.1 Å². The average Bonchev–Trinajstić information content (AvgIpc) is 2.65. The number of carbonyl (C=O) groups excluding carboxylic acids is 1. The number of nitrogens with one attached hydrogen (secondary N) is 1. The van der Waals surface area contributed by atoms with Crippen molar-refractivity contribution in [2.75, 3.05) is 21.3 Å². The summed E-state index contributed by atoms with van der Waals surface area (Å²) in [5.41, 5.74) is 2.09. The first kappa shape index (κ1) is 18.8. The summed E-state index contributed by atoms with van der Waals surface area (Å²) in [6.07, 6.45) is 0. The van der Waals surface area contributed by atoms with Crippen molar-refractivity contribution in [3.8, 4) is 11.5 Å². The number of methoxy groups -OCH3 is 2. The van der Waals surface area contributed by atoms with Gasteiger partial charge in [0.1, 0.15) is 11.5 Å². The third kappa shape index (κ3) is 5.22. The van der Waals surface area contributed by atoms with Gasteiger partial charge in [-0.1, -0.05) is 36.4 Å². The highest BCUT2D eigenvalue weighted by atomic mass is 16.5. The molecule has 5 heteroatoms. The Hall–Kier alpha value is -2.53. The van der Waals surface area contributed by atoms with Crippen LogP contribution in [-0.2, 0) is 17.9 Å². The molecule has 2 rings (SSSR count). The fraction of sp³-hybridized carbons (Fsp3) is 0.350. The number of nitrogens with zero attached hydrogens (tertiary/aromatic N) is 1. The van der Waals surface area contributed by atoms with E-state index in [4.69, 9.17) is 9.47 Å². The number of hydrogen-bond donors (Lipinski definition) is 1. The van der Waals surface area contributed by atoms with Gasteiger partial charge in [-0.2, -0.15) is 0 Å². The minimum Gasteiger partial charge on any atom is -0.497 e. The van der Waals surface area contributed by atoms with Crippen molar-refractivity contribution in [1.29, 1.82) is 0 Å². The molecule has 1 N–H and O–H groups in total. The van der Waals surface area contributed by atoms with E-state index in [1.165, 1.54) is 0 Å². The van der Waals surface area contributed by atoms with Gasteiger partial charge in [-0.3, -0.25) is 4.79 Å². The molecule has 25 heavy (non-hydrogen) atoms. The maximum atomic E-state index is 12.5. The quantitative estimate of drug-likeness (QED) is 0.801. The molecule has 0 saturated carbocycles. The maximum Gasteiger partial charge on any atom is 0.239 e. The van der Waals surface area contributed by atoms with E-state index in [-0.39, 0.29) is 11.9 Å². The van der Waals surface area contributed by atoms with Crippen LogP contribution in [-0.4, -0.2) is 38.1 Å². The normalized spacial score (nSPS) is 11.7. The molecule has 1 unspecified atom stereocenters. The van der Waals surface area contributed by atoms with Crippen LogP contribution in [0, 0.1) is 0 Å². The molecular formula is C20H26N2O3. The average molecular weight is 342 g/mol. The zero-order valence-electron chi connectivity index (χ0n) is 15.3. The smallest absolute Gasteiger partial charge is 0.239 e. The number of ether oxygens (including phenoxy) is 2. The van der Waals surface area contributed by atoms with Crippen molar-refractivity contribution in [3.05, 3.63) is 59.7 Å². The zero-order valence-corrected chi connectivity index (χ0v) is 15.3. The van der Waals surface area contributed by atoms with Gasteiger partial charge in [-0.05, 0) is 18.6 Å². The first-order valence-corrected chi connectivity index (χ1v) is 8.28. The first-order chi connectivity index (χ1) is 12.0. The van der Waals surface area contributed by atoms with Crippen LogP contribution in [0.1, 0.15) is 18.1 Å². The second kappa shape index (κ2) is 9.08. The van der Waals surface area contributed by atoms with Crippen LogP contribution in [0.15, 0.2) is 48.5 Å². The van der Waals surface area contributed by atoms with Crippen molar-refractivity contribution in [3.63, 3.8) is 0 Å². The number of hydrogen-bond acceptors (Lipinski definition) is 4. The van der Waals surface area contributed by atoms with Crippen LogP contribution < -0.4 is 14.8 Å². The van der Waals surface area contributed by atoms with E-state index in [0.29, 0.717) is 13.1 Å². The van der Waals surface area contributed by atoms with Crippen molar-refractivity contribution in [2.24, 2.45) is 0 Å². The predicted octanol–water partition coefficient (Wildman–Crippen LogP) is 2.84. The summed E-state index contributed by atoms with van der Waals surface area (Å²) < 4.78 is 10.6. The van der Waals surface area contributed by atoms with Crippen LogP contribution in [0.2, 0.25) is 0 Å². The lowest BCUT2D eigenvalue weighted by Crippen LogP contribution is -2.42. The van der Waals surface area contributed by atoms with Gasteiger partial charge in [0.2, 0.25) is 5.91 Å². The SMILES string of the molecule is COc1ccc(CNC(C)C(=O)N(C)Cc2ccccc2)c(OC)c1. The van der Waals surface area contributed by atoms with Gasteiger partial charge in [-0.25, -0.2) is 0 Å². The zero-order chi connectivity index (χ0) is 18.2. The van der Waals surface area contributed by atoms with Gasteiger partial charge < -0.3 is 19.7 Å². The molecule has 0 bridgehead atoms. The second-order valence-electron chi connectivity index (χ2n) is 5.96. The lowest BCUT2D eigenvalue weighted by molar-refractivity contribution is -0.132. The molecule has 2 aromatic carbocycles. The van der Waals surface area contributed by atoms with Crippen molar-refractivity contribution in [1.82, 2.24) is 10.2 Å². The van der Waals surface area contributed by atoms with Gasteiger partial charge in [0, 0.05) is 31.8 Å². The van der Waals surface area contributed by atoms with Crippen LogP contribution in [0.3, 0.4) is 0 Å². The molecule has 0 aliphatic rings. The summed E-state index contributed by atoms with van der Waals surface area (Å²) in [5, 5.41) is 3.27. The summed E-state index contributed by atoms with van der Waals surface area (Å²) in [7, 11) is 5.07. The monoisotopic (exact) mass is 342 g/mol. The molecule has 0 heterocycles. The fourth-order valence-corrected chi connectivity index (χ4v) is 2.61. The van der Waals surface area contributed by atoms with Crippen LogP contribution in [0.5, 0.6) is 11.5 Å². The predicted molar refractivity (Wildman–Crippen MR) is 98.8 cm³/mol. The molecule has 0 saturated heterocycles. The van der Waals surface area contributed by atoms with Crippen LogP contribution in [0.25, 0.3) is 0 Å². The van der Waals surface area contributed by atoms with E-state index in [2.05, 4.69) is 5.32 Å². The second-order valence-corrected chi connectivity index (χ2v) is 5.96. The Kier molecular flexibility index (Phi) is 6.83. The molecule has 1 amide bonds.